The van der Waals surface area contributed by atoms with E-state index in [9.17, 15) is 0 Å². The van der Waals surface area contributed by atoms with E-state index in [1.807, 2.05) is 12.1 Å². The van der Waals surface area contributed by atoms with Gasteiger partial charge in [0, 0.05) is 6.20 Å². The largest absolute Gasteiger partial charge is 0.389 e. The Balaban J connectivity index is 2.91. The molecule has 2 nitrogen and oxygen atoms in total. The fraction of sp³-hybridized carbons (Fsp3) is 0.222. The zero-order valence-electron chi connectivity index (χ0n) is 6.49. The Morgan fingerprint density at radius 3 is 2.73 bits per heavy atom. The maximum absolute atomic E-state index is 9.12. The highest BCUT2D eigenvalue weighted by Crippen LogP contribution is 2.10. The number of rotatable bonds is 2. The van der Waals surface area contributed by atoms with Gasteiger partial charge in [-0.2, -0.15) is 0 Å². The summed E-state index contributed by atoms with van der Waals surface area (Å²) in [5.74, 6) is 0. The standard InChI is InChI=1S/C9H11NO/c1-3-9-5-4-8(6-10-9)7(2)11/h3-7,11H,1H2,2H3/t7-/m1/s1. The lowest BCUT2D eigenvalue weighted by Crippen LogP contribution is -1.92. The van der Waals surface area contributed by atoms with Gasteiger partial charge in [0.25, 0.3) is 0 Å². The van der Waals surface area contributed by atoms with Gasteiger partial charge in [-0.05, 0) is 24.6 Å². The minimum atomic E-state index is -0.443. The Labute approximate surface area is 66.2 Å². The summed E-state index contributed by atoms with van der Waals surface area (Å²) in [6.07, 6.45) is 2.88. The molecular weight excluding hydrogens is 138 g/mol. The molecule has 0 unspecified atom stereocenters. The second-order valence-electron chi connectivity index (χ2n) is 2.40. The van der Waals surface area contributed by atoms with Gasteiger partial charge < -0.3 is 5.11 Å². The quantitative estimate of drug-likeness (QED) is 0.695. The predicted octanol–water partition coefficient (Wildman–Crippen LogP) is 1.78. The van der Waals surface area contributed by atoms with Crippen molar-refractivity contribution in [1.82, 2.24) is 4.98 Å². The van der Waals surface area contributed by atoms with E-state index in [1.54, 1.807) is 19.2 Å². The van der Waals surface area contributed by atoms with E-state index >= 15 is 0 Å². The van der Waals surface area contributed by atoms with Crippen molar-refractivity contribution in [3.63, 3.8) is 0 Å². The molecule has 1 N–H and O–H groups in total. The molecule has 58 valence electrons. The van der Waals surface area contributed by atoms with Crippen LogP contribution < -0.4 is 0 Å². The van der Waals surface area contributed by atoms with Crippen molar-refractivity contribution in [1.29, 1.82) is 0 Å². The van der Waals surface area contributed by atoms with Gasteiger partial charge in [-0.25, -0.2) is 0 Å². The average molecular weight is 149 g/mol. The Hall–Kier alpha value is -1.15. The number of hydrogen-bond acceptors (Lipinski definition) is 2. The van der Waals surface area contributed by atoms with Gasteiger partial charge in [-0.15, -0.1) is 0 Å². The van der Waals surface area contributed by atoms with Crippen LogP contribution in [-0.2, 0) is 0 Å². The van der Waals surface area contributed by atoms with Crippen LogP contribution in [0.1, 0.15) is 24.3 Å². The van der Waals surface area contributed by atoms with E-state index in [0.717, 1.165) is 11.3 Å². The lowest BCUT2D eigenvalue weighted by molar-refractivity contribution is 0.199. The molecule has 2 heteroatoms. The van der Waals surface area contributed by atoms with Gasteiger partial charge in [-0.1, -0.05) is 12.6 Å². The summed E-state index contributed by atoms with van der Waals surface area (Å²) in [7, 11) is 0. The van der Waals surface area contributed by atoms with Gasteiger partial charge in [-0.3, -0.25) is 4.98 Å². The van der Waals surface area contributed by atoms with Crippen molar-refractivity contribution in [2.45, 2.75) is 13.0 Å². The van der Waals surface area contributed by atoms with Crippen LogP contribution in [0.4, 0.5) is 0 Å². The third-order valence-electron chi connectivity index (χ3n) is 1.50. The van der Waals surface area contributed by atoms with Crippen LogP contribution in [0.15, 0.2) is 24.9 Å². The summed E-state index contributed by atoms with van der Waals surface area (Å²) < 4.78 is 0. The molecular formula is C9H11NO. The summed E-state index contributed by atoms with van der Waals surface area (Å²) in [4.78, 5) is 4.04. The topological polar surface area (TPSA) is 33.1 Å². The molecule has 0 bridgehead atoms. The third-order valence-corrected chi connectivity index (χ3v) is 1.50. The maximum Gasteiger partial charge on any atom is 0.0776 e. The first-order valence-corrected chi connectivity index (χ1v) is 3.50. The molecule has 0 saturated carbocycles. The van der Waals surface area contributed by atoms with Crippen molar-refractivity contribution in [2.24, 2.45) is 0 Å². The second-order valence-corrected chi connectivity index (χ2v) is 2.40. The SMILES string of the molecule is C=Cc1ccc([C@@H](C)O)cn1. The van der Waals surface area contributed by atoms with Crippen LogP contribution in [0.3, 0.4) is 0 Å². The summed E-state index contributed by atoms with van der Waals surface area (Å²) in [6, 6.07) is 3.67. The molecule has 1 heterocycles. The van der Waals surface area contributed by atoms with Gasteiger partial charge in [0.05, 0.1) is 11.8 Å². The molecule has 0 saturated heterocycles. The Bertz CT molecular complexity index is 238. The predicted molar refractivity (Wildman–Crippen MR) is 45.0 cm³/mol. The molecule has 0 aliphatic carbocycles. The number of hydrogen-bond donors (Lipinski definition) is 1. The minimum absolute atomic E-state index is 0.443. The molecule has 0 aliphatic rings. The molecule has 11 heavy (non-hydrogen) atoms. The first-order chi connectivity index (χ1) is 5.24. The van der Waals surface area contributed by atoms with Crippen molar-refractivity contribution in [3.8, 4) is 0 Å². The van der Waals surface area contributed by atoms with Crippen molar-refractivity contribution in [3.05, 3.63) is 36.2 Å². The van der Waals surface area contributed by atoms with Crippen LogP contribution >= 0.6 is 0 Å². The third kappa shape index (κ3) is 1.88. The van der Waals surface area contributed by atoms with Gasteiger partial charge in [0.15, 0.2) is 0 Å². The van der Waals surface area contributed by atoms with E-state index in [1.165, 1.54) is 0 Å². The Morgan fingerprint density at radius 2 is 2.36 bits per heavy atom. The minimum Gasteiger partial charge on any atom is -0.389 e. The van der Waals surface area contributed by atoms with E-state index in [2.05, 4.69) is 11.6 Å². The summed E-state index contributed by atoms with van der Waals surface area (Å²) in [5.41, 5.74) is 1.66. The van der Waals surface area contributed by atoms with E-state index in [4.69, 9.17) is 5.11 Å². The zero-order valence-corrected chi connectivity index (χ0v) is 6.49. The van der Waals surface area contributed by atoms with Crippen LogP contribution in [0.2, 0.25) is 0 Å². The van der Waals surface area contributed by atoms with Crippen molar-refractivity contribution >= 4 is 6.08 Å². The van der Waals surface area contributed by atoms with Crippen molar-refractivity contribution < 1.29 is 5.11 Å². The fourth-order valence-corrected chi connectivity index (χ4v) is 0.785. The zero-order chi connectivity index (χ0) is 8.27. The summed E-state index contributed by atoms with van der Waals surface area (Å²) >= 11 is 0. The van der Waals surface area contributed by atoms with Gasteiger partial charge in [0.2, 0.25) is 0 Å². The molecule has 0 aliphatic heterocycles. The highest BCUT2D eigenvalue weighted by Gasteiger charge is 1.98. The Kier molecular flexibility index (Phi) is 2.39. The number of pyridine rings is 1. The van der Waals surface area contributed by atoms with Crippen LogP contribution in [0.5, 0.6) is 0 Å². The van der Waals surface area contributed by atoms with Crippen molar-refractivity contribution in [2.75, 3.05) is 0 Å². The van der Waals surface area contributed by atoms with Gasteiger partial charge >= 0.3 is 0 Å². The maximum atomic E-state index is 9.12. The number of aliphatic hydroxyl groups excluding tert-OH is 1. The Morgan fingerprint density at radius 1 is 1.64 bits per heavy atom. The number of aliphatic hydroxyl groups is 1. The average Bonchev–Trinajstić information content (AvgIpc) is 2.05. The molecule has 0 spiro atoms. The molecule has 1 aromatic rings. The van der Waals surface area contributed by atoms with E-state index in [-0.39, 0.29) is 0 Å². The molecule has 0 amide bonds. The van der Waals surface area contributed by atoms with E-state index < -0.39 is 6.10 Å². The molecule has 1 aromatic heterocycles. The molecule has 0 fully saturated rings. The first kappa shape index (κ1) is 7.95. The number of aromatic nitrogens is 1. The highest BCUT2D eigenvalue weighted by molar-refractivity contribution is 5.41. The summed E-state index contributed by atoms with van der Waals surface area (Å²) in [6.45, 7) is 5.29. The van der Waals surface area contributed by atoms with Crippen LogP contribution in [0.25, 0.3) is 6.08 Å². The second kappa shape index (κ2) is 3.30. The lowest BCUT2D eigenvalue weighted by atomic mass is 10.2. The van der Waals surface area contributed by atoms with Gasteiger partial charge in [0.1, 0.15) is 0 Å². The molecule has 1 atom stereocenters. The number of nitrogens with zero attached hydrogens (tertiary/aromatic N) is 1. The molecule has 0 aromatic carbocycles. The highest BCUT2D eigenvalue weighted by atomic mass is 16.3. The molecule has 1 rings (SSSR count). The van der Waals surface area contributed by atoms with Crippen LogP contribution in [-0.4, -0.2) is 10.1 Å². The fourth-order valence-electron chi connectivity index (χ4n) is 0.785. The summed E-state index contributed by atoms with van der Waals surface area (Å²) in [5, 5.41) is 9.12. The van der Waals surface area contributed by atoms with E-state index in [0.29, 0.717) is 0 Å². The lowest BCUT2D eigenvalue weighted by Gasteiger charge is -2.02. The smallest absolute Gasteiger partial charge is 0.0776 e. The first-order valence-electron chi connectivity index (χ1n) is 3.50. The normalized spacial score (nSPS) is 12.5. The monoisotopic (exact) mass is 149 g/mol. The van der Waals surface area contributed by atoms with Crippen LogP contribution in [0, 0.1) is 0 Å². The molecule has 0 radical (unpaired) electrons.